The Labute approximate surface area is 106 Å². The third-order valence-corrected chi connectivity index (χ3v) is 2.69. The number of rotatable bonds is 5. The van der Waals surface area contributed by atoms with Gasteiger partial charge >= 0.3 is 0 Å². The molecule has 0 spiro atoms. The van der Waals surface area contributed by atoms with Crippen molar-refractivity contribution in [3.8, 4) is 6.07 Å². The van der Waals surface area contributed by atoms with Crippen LogP contribution < -0.4 is 5.32 Å². The van der Waals surface area contributed by atoms with Crippen LogP contribution in [0.4, 0.5) is 5.69 Å². The summed E-state index contributed by atoms with van der Waals surface area (Å²) in [6, 6.07) is 9.79. The van der Waals surface area contributed by atoms with Crippen LogP contribution in [0.25, 0.3) is 0 Å². The van der Waals surface area contributed by atoms with E-state index >= 15 is 0 Å². The highest BCUT2D eigenvalue weighted by molar-refractivity contribution is 5.43. The van der Waals surface area contributed by atoms with Crippen LogP contribution >= 0.6 is 0 Å². The zero-order valence-electron chi connectivity index (χ0n) is 10.3. The molecule has 0 aliphatic heterocycles. The highest BCUT2D eigenvalue weighted by Gasteiger charge is 2.04. The van der Waals surface area contributed by atoms with Crippen molar-refractivity contribution in [2.45, 2.75) is 25.8 Å². The van der Waals surface area contributed by atoms with Crippen LogP contribution in [-0.2, 0) is 6.42 Å². The third kappa shape index (κ3) is 3.36. The maximum atomic E-state index is 8.66. The molecule has 1 N–H and O–H groups in total. The summed E-state index contributed by atoms with van der Waals surface area (Å²) in [5.41, 5.74) is 1.37. The Morgan fingerprint density at radius 2 is 2.33 bits per heavy atom. The molecule has 18 heavy (non-hydrogen) atoms. The fourth-order valence-electron chi connectivity index (χ4n) is 1.72. The van der Waals surface area contributed by atoms with Crippen LogP contribution in [0, 0.1) is 11.3 Å². The molecule has 1 atom stereocenters. The molecule has 1 unspecified atom stereocenters. The van der Waals surface area contributed by atoms with Crippen LogP contribution in [0.15, 0.2) is 41.1 Å². The summed E-state index contributed by atoms with van der Waals surface area (Å²) in [6.45, 7) is 2.11. The second-order valence-corrected chi connectivity index (χ2v) is 4.21. The van der Waals surface area contributed by atoms with Gasteiger partial charge < -0.3 is 9.73 Å². The SMILES string of the molecule is CC(CCc1ccco1)Nc1ccc(C#N)nc1. The molecule has 0 aromatic carbocycles. The Balaban J connectivity index is 1.83. The van der Waals surface area contributed by atoms with Gasteiger partial charge in [-0.05, 0) is 37.6 Å². The molecule has 0 aliphatic rings. The number of furan rings is 1. The minimum Gasteiger partial charge on any atom is -0.469 e. The summed E-state index contributed by atoms with van der Waals surface area (Å²) in [5, 5.41) is 12.0. The van der Waals surface area contributed by atoms with E-state index in [-0.39, 0.29) is 0 Å². The van der Waals surface area contributed by atoms with Crippen LogP contribution in [0.2, 0.25) is 0 Å². The first kappa shape index (κ1) is 12.2. The van der Waals surface area contributed by atoms with Crippen molar-refractivity contribution in [3.05, 3.63) is 48.2 Å². The van der Waals surface area contributed by atoms with Crippen LogP contribution in [-0.4, -0.2) is 11.0 Å². The average molecular weight is 241 g/mol. The molecule has 4 nitrogen and oxygen atoms in total. The molecule has 0 saturated heterocycles. The van der Waals surface area contributed by atoms with Crippen LogP contribution in [0.5, 0.6) is 0 Å². The molecule has 0 aliphatic carbocycles. The zero-order chi connectivity index (χ0) is 12.8. The van der Waals surface area contributed by atoms with Gasteiger partial charge in [0.05, 0.1) is 18.1 Å². The monoisotopic (exact) mass is 241 g/mol. The maximum Gasteiger partial charge on any atom is 0.140 e. The van der Waals surface area contributed by atoms with Gasteiger partial charge in [0.1, 0.15) is 17.5 Å². The zero-order valence-corrected chi connectivity index (χ0v) is 10.3. The molecule has 0 bridgehead atoms. The molecule has 4 heteroatoms. The van der Waals surface area contributed by atoms with E-state index in [4.69, 9.17) is 9.68 Å². The lowest BCUT2D eigenvalue weighted by Crippen LogP contribution is -2.16. The first-order valence-corrected chi connectivity index (χ1v) is 5.93. The molecule has 0 saturated carbocycles. The van der Waals surface area contributed by atoms with E-state index in [1.54, 1.807) is 18.5 Å². The fraction of sp³-hybridized carbons (Fsp3) is 0.286. The lowest BCUT2D eigenvalue weighted by Gasteiger charge is -2.14. The standard InChI is InChI=1S/C14H15N3O/c1-11(4-7-14-3-2-8-18-14)17-13-6-5-12(9-15)16-10-13/h2-3,5-6,8,10-11,17H,4,7H2,1H3. The molecule has 2 aromatic rings. The molecule has 0 fully saturated rings. The van der Waals surface area contributed by atoms with Crippen LogP contribution in [0.1, 0.15) is 24.8 Å². The van der Waals surface area contributed by atoms with Crippen molar-refractivity contribution < 1.29 is 4.42 Å². The highest BCUT2D eigenvalue weighted by atomic mass is 16.3. The molecule has 2 heterocycles. The molecule has 0 amide bonds. The van der Waals surface area contributed by atoms with E-state index < -0.39 is 0 Å². The van der Waals surface area contributed by atoms with Crippen molar-refractivity contribution in [2.75, 3.05) is 5.32 Å². The van der Waals surface area contributed by atoms with Gasteiger partial charge in [0.15, 0.2) is 0 Å². The maximum absolute atomic E-state index is 8.66. The summed E-state index contributed by atoms with van der Waals surface area (Å²) in [6.07, 6.45) is 5.26. The Kier molecular flexibility index (Phi) is 3.98. The third-order valence-electron chi connectivity index (χ3n) is 2.69. The quantitative estimate of drug-likeness (QED) is 0.874. The molecule has 0 radical (unpaired) electrons. The van der Waals surface area contributed by atoms with Crippen LogP contribution in [0.3, 0.4) is 0 Å². The number of pyridine rings is 1. The lowest BCUT2D eigenvalue weighted by molar-refractivity contribution is 0.495. The second kappa shape index (κ2) is 5.87. The first-order valence-electron chi connectivity index (χ1n) is 5.93. The van der Waals surface area contributed by atoms with Crippen molar-refractivity contribution in [1.29, 1.82) is 5.26 Å². The number of nitrogens with zero attached hydrogens (tertiary/aromatic N) is 2. The number of nitriles is 1. The predicted octanol–water partition coefficient (Wildman–Crippen LogP) is 2.98. The van der Waals surface area contributed by atoms with Crippen molar-refractivity contribution >= 4 is 5.69 Å². The molecular weight excluding hydrogens is 226 g/mol. The van der Waals surface area contributed by atoms with Gasteiger partial charge in [-0.25, -0.2) is 4.98 Å². The molecular formula is C14H15N3O. The van der Waals surface area contributed by atoms with Crippen molar-refractivity contribution in [2.24, 2.45) is 0 Å². The lowest BCUT2D eigenvalue weighted by atomic mass is 10.1. The Morgan fingerprint density at radius 1 is 1.44 bits per heavy atom. The first-order chi connectivity index (χ1) is 8.78. The number of aryl methyl sites for hydroxylation is 1. The fourth-order valence-corrected chi connectivity index (χ4v) is 1.72. The van der Waals surface area contributed by atoms with E-state index in [0.29, 0.717) is 11.7 Å². The van der Waals surface area contributed by atoms with Gasteiger partial charge in [0, 0.05) is 12.5 Å². The smallest absolute Gasteiger partial charge is 0.140 e. The number of nitrogens with one attached hydrogen (secondary N) is 1. The average Bonchev–Trinajstić information content (AvgIpc) is 2.90. The van der Waals surface area contributed by atoms with E-state index in [1.165, 1.54) is 0 Å². The molecule has 2 rings (SSSR count). The van der Waals surface area contributed by atoms with Gasteiger partial charge in [-0.2, -0.15) is 5.26 Å². The topological polar surface area (TPSA) is 61.9 Å². The van der Waals surface area contributed by atoms with E-state index in [9.17, 15) is 0 Å². The summed E-state index contributed by atoms with van der Waals surface area (Å²) >= 11 is 0. The predicted molar refractivity (Wildman–Crippen MR) is 69.1 cm³/mol. The minimum absolute atomic E-state index is 0.324. The van der Waals surface area contributed by atoms with Gasteiger partial charge in [-0.15, -0.1) is 0 Å². The van der Waals surface area contributed by atoms with Crippen molar-refractivity contribution in [1.82, 2.24) is 4.98 Å². The summed E-state index contributed by atoms with van der Waals surface area (Å²) in [5.74, 6) is 1.00. The Hall–Kier alpha value is -2.28. The van der Waals surface area contributed by atoms with Gasteiger partial charge in [0.2, 0.25) is 0 Å². The largest absolute Gasteiger partial charge is 0.469 e. The number of hydrogen-bond donors (Lipinski definition) is 1. The second-order valence-electron chi connectivity index (χ2n) is 4.21. The summed E-state index contributed by atoms with van der Waals surface area (Å²) < 4.78 is 5.29. The number of aromatic nitrogens is 1. The summed E-state index contributed by atoms with van der Waals surface area (Å²) in [4.78, 5) is 4.02. The minimum atomic E-state index is 0.324. The number of hydrogen-bond acceptors (Lipinski definition) is 4. The normalized spacial score (nSPS) is 11.8. The molecule has 92 valence electrons. The number of anilines is 1. The van der Waals surface area contributed by atoms with Gasteiger partial charge in [-0.3, -0.25) is 0 Å². The highest BCUT2D eigenvalue weighted by Crippen LogP contribution is 2.11. The summed E-state index contributed by atoms with van der Waals surface area (Å²) in [7, 11) is 0. The van der Waals surface area contributed by atoms with Gasteiger partial charge in [0.25, 0.3) is 0 Å². The molecule has 2 aromatic heterocycles. The Bertz CT molecular complexity index is 511. The Morgan fingerprint density at radius 3 is 2.94 bits per heavy atom. The van der Waals surface area contributed by atoms with E-state index in [1.807, 2.05) is 24.3 Å². The van der Waals surface area contributed by atoms with E-state index in [2.05, 4.69) is 17.2 Å². The van der Waals surface area contributed by atoms with E-state index in [0.717, 1.165) is 24.3 Å². The van der Waals surface area contributed by atoms with Crippen molar-refractivity contribution in [3.63, 3.8) is 0 Å². The van der Waals surface area contributed by atoms with Gasteiger partial charge in [-0.1, -0.05) is 0 Å².